The van der Waals surface area contributed by atoms with Crippen molar-refractivity contribution in [3.05, 3.63) is 48.0 Å². The number of esters is 2. The molecule has 3 rings (SSSR count). The van der Waals surface area contributed by atoms with E-state index in [0.717, 1.165) is 0 Å². The van der Waals surface area contributed by atoms with E-state index >= 15 is 0 Å². The average Bonchev–Trinajstić information content (AvgIpc) is 2.66. The molecule has 3 atom stereocenters. The molecule has 1 fully saturated rings. The van der Waals surface area contributed by atoms with Gasteiger partial charge in [0.15, 0.2) is 6.10 Å². The van der Waals surface area contributed by atoms with E-state index in [1.165, 1.54) is 0 Å². The predicted octanol–water partition coefficient (Wildman–Crippen LogP) is 2.10. The standard InChI is InChI=1S/C15H14O4/c1-15-8-7-11(12(9-15)19-14(15)17)18-13(16)10-5-3-2-4-6-10/h2-8,11-12H,9H2,1H3/t11-,12+,15-/m1/s1. The van der Waals surface area contributed by atoms with Gasteiger partial charge in [0.2, 0.25) is 0 Å². The lowest BCUT2D eigenvalue weighted by molar-refractivity contribution is -0.148. The molecular formula is C15H14O4. The molecule has 2 bridgehead atoms. The molecule has 0 radical (unpaired) electrons. The summed E-state index contributed by atoms with van der Waals surface area (Å²) in [4.78, 5) is 23.6. The summed E-state index contributed by atoms with van der Waals surface area (Å²) < 4.78 is 10.7. The summed E-state index contributed by atoms with van der Waals surface area (Å²) >= 11 is 0. The third-order valence-electron chi connectivity index (χ3n) is 3.62. The zero-order valence-electron chi connectivity index (χ0n) is 10.5. The smallest absolute Gasteiger partial charge is 0.338 e. The van der Waals surface area contributed by atoms with Gasteiger partial charge in [-0.05, 0) is 25.1 Å². The zero-order valence-corrected chi connectivity index (χ0v) is 10.5. The van der Waals surface area contributed by atoms with Crippen LogP contribution in [0.3, 0.4) is 0 Å². The Balaban J connectivity index is 1.74. The highest BCUT2D eigenvalue weighted by Crippen LogP contribution is 2.41. The molecule has 4 heteroatoms. The van der Waals surface area contributed by atoms with Crippen LogP contribution in [-0.2, 0) is 14.3 Å². The third-order valence-corrected chi connectivity index (χ3v) is 3.62. The number of hydrogen-bond donors (Lipinski definition) is 0. The second-order valence-corrected chi connectivity index (χ2v) is 5.16. The van der Waals surface area contributed by atoms with Gasteiger partial charge < -0.3 is 9.47 Å². The van der Waals surface area contributed by atoms with Crippen molar-refractivity contribution in [3.63, 3.8) is 0 Å². The van der Waals surface area contributed by atoms with Crippen molar-refractivity contribution in [2.45, 2.75) is 25.6 Å². The second-order valence-electron chi connectivity index (χ2n) is 5.16. The summed E-state index contributed by atoms with van der Waals surface area (Å²) in [7, 11) is 0. The molecule has 1 aliphatic heterocycles. The molecule has 0 aromatic heterocycles. The molecule has 0 amide bonds. The fourth-order valence-electron chi connectivity index (χ4n) is 2.45. The molecule has 0 spiro atoms. The topological polar surface area (TPSA) is 52.6 Å². The number of benzene rings is 1. The van der Waals surface area contributed by atoms with Crippen LogP contribution in [0.1, 0.15) is 23.7 Å². The van der Waals surface area contributed by atoms with Crippen LogP contribution >= 0.6 is 0 Å². The molecule has 19 heavy (non-hydrogen) atoms. The van der Waals surface area contributed by atoms with E-state index in [-0.39, 0.29) is 12.1 Å². The second kappa shape index (κ2) is 4.23. The molecule has 4 nitrogen and oxygen atoms in total. The molecule has 1 heterocycles. The lowest BCUT2D eigenvalue weighted by atomic mass is 9.81. The lowest BCUT2D eigenvalue weighted by Gasteiger charge is -2.24. The molecule has 0 N–H and O–H groups in total. The monoisotopic (exact) mass is 258 g/mol. The number of carbonyl (C=O) groups excluding carboxylic acids is 2. The highest BCUT2D eigenvalue weighted by molar-refractivity contribution is 5.89. The van der Waals surface area contributed by atoms with E-state index in [0.29, 0.717) is 12.0 Å². The number of ether oxygens (including phenoxy) is 2. The minimum Gasteiger partial charge on any atom is -0.457 e. The maximum absolute atomic E-state index is 12.0. The van der Waals surface area contributed by atoms with Crippen LogP contribution in [0, 0.1) is 5.41 Å². The van der Waals surface area contributed by atoms with Gasteiger partial charge in [-0.1, -0.05) is 24.3 Å². The van der Waals surface area contributed by atoms with Gasteiger partial charge in [-0.25, -0.2) is 4.79 Å². The van der Waals surface area contributed by atoms with Crippen LogP contribution < -0.4 is 0 Å². The van der Waals surface area contributed by atoms with Crippen molar-refractivity contribution in [2.75, 3.05) is 0 Å². The van der Waals surface area contributed by atoms with Crippen molar-refractivity contribution in [1.29, 1.82) is 0 Å². The fourth-order valence-corrected chi connectivity index (χ4v) is 2.45. The molecule has 1 saturated heterocycles. The van der Waals surface area contributed by atoms with Gasteiger partial charge in [-0.15, -0.1) is 0 Å². The number of fused-ring (bicyclic) bond motifs is 2. The van der Waals surface area contributed by atoms with Crippen LogP contribution in [0.25, 0.3) is 0 Å². The van der Waals surface area contributed by atoms with Gasteiger partial charge in [-0.2, -0.15) is 0 Å². The first-order valence-corrected chi connectivity index (χ1v) is 6.25. The van der Waals surface area contributed by atoms with Crippen LogP contribution in [0.2, 0.25) is 0 Å². The van der Waals surface area contributed by atoms with E-state index in [1.54, 1.807) is 36.4 Å². The molecule has 2 aliphatic rings. The molecular weight excluding hydrogens is 244 g/mol. The van der Waals surface area contributed by atoms with Gasteiger partial charge >= 0.3 is 11.9 Å². The van der Waals surface area contributed by atoms with Gasteiger partial charge in [-0.3, -0.25) is 4.79 Å². The maximum Gasteiger partial charge on any atom is 0.338 e. The number of rotatable bonds is 2. The van der Waals surface area contributed by atoms with Gasteiger partial charge in [0.1, 0.15) is 6.10 Å². The molecule has 0 unspecified atom stereocenters. The van der Waals surface area contributed by atoms with Crippen molar-refractivity contribution < 1.29 is 19.1 Å². The highest BCUT2D eigenvalue weighted by Gasteiger charge is 2.50. The van der Waals surface area contributed by atoms with Gasteiger partial charge in [0.05, 0.1) is 11.0 Å². The van der Waals surface area contributed by atoms with Crippen molar-refractivity contribution >= 4 is 11.9 Å². The van der Waals surface area contributed by atoms with E-state index in [4.69, 9.17) is 9.47 Å². The van der Waals surface area contributed by atoms with Gasteiger partial charge in [0, 0.05) is 6.42 Å². The molecule has 1 aromatic rings. The number of carbonyl (C=O) groups is 2. The summed E-state index contributed by atoms with van der Waals surface area (Å²) in [6, 6.07) is 8.78. The zero-order chi connectivity index (χ0) is 13.5. The Bertz CT molecular complexity index is 549. The van der Waals surface area contributed by atoms with Crippen LogP contribution in [0.5, 0.6) is 0 Å². The quantitative estimate of drug-likeness (QED) is 0.602. The van der Waals surface area contributed by atoms with Crippen molar-refractivity contribution in [2.24, 2.45) is 5.41 Å². The van der Waals surface area contributed by atoms with Crippen LogP contribution in [0.4, 0.5) is 0 Å². The number of hydrogen-bond acceptors (Lipinski definition) is 4. The maximum atomic E-state index is 12.0. The summed E-state index contributed by atoms with van der Waals surface area (Å²) in [5.41, 5.74) is -0.0612. The SMILES string of the molecule is C[C@@]12C=C[C@@H](OC(=O)c3ccccc3)[C@H](C1)OC2=O. The Hall–Kier alpha value is -2.10. The predicted molar refractivity (Wildman–Crippen MR) is 67.4 cm³/mol. The third kappa shape index (κ3) is 2.03. The molecule has 1 aliphatic carbocycles. The first kappa shape index (κ1) is 12.0. The average molecular weight is 258 g/mol. The fraction of sp³-hybridized carbons (Fsp3) is 0.333. The Morgan fingerprint density at radius 1 is 1.37 bits per heavy atom. The lowest BCUT2D eigenvalue weighted by Crippen LogP contribution is -2.32. The normalized spacial score (nSPS) is 31.9. The Morgan fingerprint density at radius 3 is 2.84 bits per heavy atom. The minimum atomic E-state index is -0.555. The summed E-state index contributed by atoms with van der Waals surface area (Å²) in [5, 5.41) is 0. The summed E-state index contributed by atoms with van der Waals surface area (Å²) in [5.74, 6) is -0.645. The van der Waals surface area contributed by atoms with Crippen LogP contribution in [0.15, 0.2) is 42.5 Å². The first-order valence-electron chi connectivity index (χ1n) is 6.25. The Morgan fingerprint density at radius 2 is 2.11 bits per heavy atom. The Kier molecular flexibility index (Phi) is 2.66. The highest BCUT2D eigenvalue weighted by atomic mass is 16.6. The summed E-state index contributed by atoms with van der Waals surface area (Å²) in [6.07, 6.45) is 3.24. The van der Waals surface area contributed by atoms with E-state index < -0.39 is 17.5 Å². The molecule has 1 aromatic carbocycles. The summed E-state index contributed by atoms with van der Waals surface area (Å²) in [6.45, 7) is 1.83. The van der Waals surface area contributed by atoms with Crippen molar-refractivity contribution in [3.8, 4) is 0 Å². The van der Waals surface area contributed by atoms with E-state index in [1.807, 2.05) is 13.0 Å². The Labute approximate surface area is 111 Å². The largest absolute Gasteiger partial charge is 0.457 e. The van der Waals surface area contributed by atoms with Crippen molar-refractivity contribution in [1.82, 2.24) is 0 Å². The molecule has 98 valence electrons. The minimum absolute atomic E-state index is 0.244. The van der Waals surface area contributed by atoms with E-state index in [2.05, 4.69) is 0 Å². The first-order chi connectivity index (χ1) is 9.08. The van der Waals surface area contributed by atoms with Gasteiger partial charge in [0.25, 0.3) is 0 Å². The van der Waals surface area contributed by atoms with Crippen LogP contribution in [-0.4, -0.2) is 24.1 Å². The van der Waals surface area contributed by atoms with E-state index in [9.17, 15) is 9.59 Å². The molecule has 0 saturated carbocycles.